The monoisotopic (exact) mass is 258 g/mol. The van der Waals surface area contributed by atoms with Crippen molar-refractivity contribution < 1.29 is 35.3 Å². The molecule has 0 radical (unpaired) electrons. The third-order valence-corrected chi connectivity index (χ3v) is 2.10. The number of ether oxygens (including phenoxy) is 1. The van der Waals surface area contributed by atoms with Crippen LogP contribution in [0.5, 0.6) is 0 Å². The molecule has 0 aromatic heterocycles. The summed E-state index contributed by atoms with van der Waals surface area (Å²) in [4.78, 5) is 10.5. The zero-order valence-corrected chi connectivity index (χ0v) is 8.52. The van der Waals surface area contributed by atoms with Crippen LogP contribution in [0.25, 0.3) is 0 Å². The standard InChI is InChI=1S/C6H9F3O5S.Li.H/c1-2-3-4-13-5(10)14-15(11,12)6(7,8)9;;/h2-4H2,1H3;;. The quantitative estimate of drug-likeness (QED) is 0.248. The van der Waals surface area contributed by atoms with E-state index in [0.717, 1.165) is 0 Å². The second-order valence-electron chi connectivity index (χ2n) is 2.44. The zero-order chi connectivity index (χ0) is 12.1. The van der Waals surface area contributed by atoms with Crippen LogP contribution < -0.4 is 0 Å². The zero-order valence-electron chi connectivity index (χ0n) is 7.70. The fourth-order valence-electron chi connectivity index (χ4n) is 0.461. The molecule has 0 aromatic rings. The van der Waals surface area contributed by atoms with Crippen LogP contribution in [0, 0.1) is 0 Å². The molecule has 10 heteroatoms. The number of carbonyl (C=O) groups is 1. The molecule has 0 aliphatic rings. The minimum absolute atomic E-state index is 0. The number of hydrogen-bond acceptors (Lipinski definition) is 5. The molecule has 0 spiro atoms. The normalized spacial score (nSPS) is 11.5. The Balaban J connectivity index is 0. The molecular weight excluding hydrogens is 248 g/mol. The van der Waals surface area contributed by atoms with Gasteiger partial charge in [-0.3, -0.25) is 0 Å². The van der Waals surface area contributed by atoms with E-state index in [1.54, 1.807) is 6.92 Å². The Morgan fingerprint density at radius 2 is 1.81 bits per heavy atom. The molecule has 16 heavy (non-hydrogen) atoms. The van der Waals surface area contributed by atoms with Gasteiger partial charge in [0.25, 0.3) is 0 Å². The van der Waals surface area contributed by atoms with E-state index in [1.807, 2.05) is 0 Å². The van der Waals surface area contributed by atoms with Crippen LogP contribution in [-0.4, -0.2) is 45.5 Å². The fraction of sp³-hybridized carbons (Fsp3) is 0.833. The SMILES string of the molecule is CCCCOC(=O)OS(=O)(=O)C(F)(F)F.[LiH]. The number of carbonyl (C=O) groups excluding carboxylic acids is 1. The van der Waals surface area contributed by atoms with Crippen LogP contribution in [0.4, 0.5) is 18.0 Å². The summed E-state index contributed by atoms with van der Waals surface area (Å²) in [5.74, 6) is 0. The number of halogens is 3. The maximum absolute atomic E-state index is 11.7. The number of rotatable bonds is 4. The van der Waals surface area contributed by atoms with Gasteiger partial charge in [-0.15, -0.1) is 0 Å². The van der Waals surface area contributed by atoms with Gasteiger partial charge in [0.1, 0.15) is 0 Å². The van der Waals surface area contributed by atoms with E-state index in [2.05, 4.69) is 8.92 Å². The summed E-state index contributed by atoms with van der Waals surface area (Å²) in [5.41, 5.74) is -5.63. The number of unbranched alkanes of at least 4 members (excludes halogenated alkanes) is 1. The van der Waals surface area contributed by atoms with Crippen LogP contribution in [0.3, 0.4) is 0 Å². The van der Waals surface area contributed by atoms with Crippen molar-refractivity contribution in [1.82, 2.24) is 0 Å². The van der Waals surface area contributed by atoms with E-state index in [-0.39, 0.29) is 25.5 Å². The van der Waals surface area contributed by atoms with Crippen molar-refractivity contribution >= 4 is 35.1 Å². The molecule has 0 heterocycles. The van der Waals surface area contributed by atoms with Crippen molar-refractivity contribution in [3.05, 3.63) is 0 Å². The van der Waals surface area contributed by atoms with E-state index in [1.165, 1.54) is 0 Å². The first kappa shape index (κ1) is 18.0. The van der Waals surface area contributed by atoms with Gasteiger partial charge in [0.15, 0.2) is 0 Å². The number of hydrogen-bond donors (Lipinski definition) is 0. The second-order valence-corrected chi connectivity index (χ2v) is 3.97. The van der Waals surface area contributed by atoms with Gasteiger partial charge in [-0.1, -0.05) is 13.3 Å². The predicted molar refractivity (Wildman–Crippen MR) is 49.5 cm³/mol. The molecule has 0 N–H and O–H groups in total. The van der Waals surface area contributed by atoms with Crippen LogP contribution in [0.15, 0.2) is 0 Å². The Bertz CT molecular complexity index is 313. The van der Waals surface area contributed by atoms with E-state index >= 15 is 0 Å². The molecule has 5 nitrogen and oxygen atoms in total. The molecule has 0 rings (SSSR count). The van der Waals surface area contributed by atoms with Crippen LogP contribution >= 0.6 is 0 Å². The second kappa shape index (κ2) is 7.04. The Morgan fingerprint density at radius 1 is 1.31 bits per heavy atom. The fourth-order valence-corrected chi connectivity index (χ4v) is 0.782. The summed E-state index contributed by atoms with van der Waals surface area (Å²) in [6, 6.07) is 0. The molecule has 0 saturated carbocycles. The van der Waals surface area contributed by atoms with Crippen molar-refractivity contribution in [3.8, 4) is 0 Å². The van der Waals surface area contributed by atoms with Gasteiger partial charge >= 0.3 is 40.6 Å². The van der Waals surface area contributed by atoms with Crippen LogP contribution in [0.1, 0.15) is 19.8 Å². The molecule has 0 fully saturated rings. The van der Waals surface area contributed by atoms with Gasteiger partial charge in [-0.05, 0) is 6.42 Å². The van der Waals surface area contributed by atoms with Gasteiger partial charge in [0.05, 0.1) is 6.61 Å². The molecule has 0 aromatic carbocycles. The molecule has 0 bridgehead atoms. The predicted octanol–water partition coefficient (Wildman–Crippen LogP) is 1.14. The van der Waals surface area contributed by atoms with Gasteiger partial charge < -0.3 is 8.92 Å². The summed E-state index contributed by atoms with van der Waals surface area (Å²) in [6.07, 6.45) is -0.832. The van der Waals surface area contributed by atoms with E-state index in [9.17, 15) is 26.4 Å². The topological polar surface area (TPSA) is 69.7 Å². The molecular formula is C6H10F3LiO5S. The van der Waals surface area contributed by atoms with E-state index in [0.29, 0.717) is 12.8 Å². The molecule has 0 aliphatic carbocycles. The molecule has 92 valence electrons. The Hall–Kier alpha value is -0.393. The average Bonchev–Trinajstić information content (AvgIpc) is 2.01. The molecule has 0 aliphatic heterocycles. The van der Waals surface area contributed by atoms with Crippen molar-refractivity contribution in [2.24, 2.45) is 0 Å². The van der Waals surface area contributed by atoms with E-state index < -0.39 is 21.8 Å². The average molecular weight is 258 g/mol. The van der Waals surface area contributed by atoms with Gasteiger partial charge in [0, 0.05) is 0 Å². The first-order chi connectivity index (χ1) is 6.70. The van der Waals surface area contributed by atoms with Crippen molar-refractivity contribution in [1.29, 1.82) is 0 Å². The molecule has 0 amide bonds. The van der Waals surface area contributed by atoms with Crippen molar-refractivity contribution in [2.75, 3.05) is 6.61 Å². The Morgan fingerprint density at radius 3 is 2.19 bits per heavy atom. The third kappa shape index (κ3) is 6.25. The van der Waals surface area contributed by atoms with Crippen LogP contribution in [-0.2, 0) is 19.0 Å². The van der Waals surface area contributed by atoms with Crippen molar-refractivity contribution in [3.63, 3.8) is 0 Å². The maximum atomic E-state index is 11.7. The van der Waals surface area contributed by atoms with Gasteiger partial charge in [0.2, 0.25) is 0 Å². The van der Waals surface area contributed by atoms with Crippen LogP contribution in [0.2, 0.25) is 0 Å². The molecule has 0 atom stereocenters. The van der Waals surface area contributed by atoms with E-state index in [4.69, 9.17) is 0 Å². The number of alkyl halides is 3. The molecule has 0 saturated heterocycles. The first-order valence-electron chi connectivity index (χ1n) is 3.88. The minimum atomic E-state index is -5.91. The summed E-state index contributed by atoms with van der Waals surface area (Å²) in [6.45, 7) is 1.56. The Kier molecular flexibility index (Phi) is 7.91. The third-order valence-electron chi connectivity index (χ3n) is 1.18. The summed E-state index contributed by atoms with van der Waals surface area (Å²) in [5, 5.41) is 0. The van der Waals surface area contributed by atoms with Crippen molar-refractivity contribution in [2.45, 2.75) is 25.3 Å². The Labute approximate surface area is 103 Å². The summed E-state index contributed by atoms with van der Waals surface area (Å²) >= 11 is 0. The molecule has 0 unspecified atom stereocenters. The summed E-state index contributed by atoms with van der Waals surface area (Å²) in [7, 11) is -5.91. The van der Waals surface area contributed by atoms with Gasteiger partial charge in [-0.2, -0.15) is 21.6 Å². The summed E-state index contributed by atoms with van der Waals surface area (Å²) < 4.78 is 62.7. The van der Waals surface area contributed by atoms with Gasteiger partial charge in [-0.25, -0.2) is 4.79 Å². The first-order valence-corrected chi connectivity index (χ1v) is 5.29.